The van der Waals surface area contributed by atoms with E-state index in [1.54, 1.807) is 12.5 Å². The van der Waals surface area contributed by atoms with E-state index >= 15 is 0 Å². The monoisotopic (exact) mass is 346 g/mol. The molecule has 2 rings (SSSR count). The first-order valence-electron chi connectivity index (χ1n) is 6.30. The lowest BCUT2D eigenvalue weighted by Gasteiger charge is -2.12. The van der Waals surface area contributed by atoms with Gasteiger partial charge in [0.1, 0.15) is 6.04 Å². The van der Waals surface area contributed by atoms with Crippen molar-refractivity contribution in [2.24, 2.45) is 5.73 Å². The van der Waals surface area contributed by atoms with Gasteiger partial charge >= 0.3 is 0 Å². The van der Waals surface area contributed by atoms with Gasteiger partial charge in [-0.25, -0.2) is 4.98 Å². The summed E-state index contributed by atoms with van der Waals surface area (Å²) in [5.74, 6) is -0.222. The Hall–Kier alpha value is -1.60. The number of nitrogens with two attached hydrogens (primary N) is 1. The van der Waals surface area contributed by atoms with Crippen LogP contribution in [0, 0.1) is 0 Å². The molecule has 1 amide bonds. The summed E-state index contributed by atoms with van der Waals surface area (Å²) in [7, 11) is 1.52. The van der Waals surface area contributed by atoms with Gasteiger partial charge in [-0.05, 0) is 17.7 Å². The number of carbonyl (C=O) groups excluding carboxylic acids is 1. The van der Waals surface area contributed by atoms with Crippen LogP contribution in [0.1, 0.15) is 5.56 Å². The number of imidazole rings is 1. The number of benzene rings is 1. The number of nitrogens with zero attached hydrogens (tertiary/aromatic N) is 2. The molecule has 1 aromatic carbocycles. The van der Waals surface area contributed by atoms with Gasteiger partial charge in [0.15, 0.2) is 0 Å². The highest BCUT2D eigenvalue weighted by Crippen LogP contribution is 2.10. The lowest BCUT2D eigenvalue weighted by molar-refractivity contribution is -0.123. The smallest absolute Gasteiger partial charge is 0.239 e. The molecule has 0 aliphatic carbocycles. The second kappa shape index (κ2) is 10.2. The second-order valence-electron chi connectivity index (χ2n) is 4.42. The largest absolute Gasteiger partial charge is 0.383 e. The van der Waals surface area contributed by atoms with E-state index in [1.165, 1.54) is 7.11 Å². The van der Waals surface area contributed by atoms with Crippen LogP contribution >= 0.6 is 24.8 Å². The van der Waals surface area contributed by atoms with Crippen LogP contribution in [0.15, 0.2) is 43.0 Å². The molecule has 0 aliphatic heterocycles. The minimum Gasteiger partial charge on any atom is -0.383 e. The molecule has 1 heterocycles. The van der Waals surface area contributed by atoms with Gasteiger partial charge in [0.05, 0.1) is 12.9 Å². The highest BCUT2D eigenvalue weighted by Gasteiger charge is 2.12. The van der Waals surface area contributed by atoms with Gasteiger partial charge in [-0.3, -0.25) is 4.79 Å². The fraction of sp³-hybridized carbons (Fsp3) is 0.286. The van der Waals surface area contributed by atoms with Gasteiger partial charge in [-0.2, -0.15) is 0 Å². The van der Waals surface area contributed by atoms with Gasteiger partial charge in [0.2, 0.25) is 5.91 Å². The number of hydrogen-bond acceptors (Lipinski definition) is 4. The Morgan fingerprint density at radius 1 is 1.45 bits per heavy atom. The van der Waals surface area contributed by atoms with Crippen molar-refractivity contribution in [2.75, 3.05) is 13.7 Å². The Balaban J connectivity index is 0.00000220. The first-order chi connectivity index (χ1) is 9.70. The molecule has 8 heteroatoms. The van der Waals surface area contributed by atoms with Crippen LogP contribution in [-0.4, -0.2) is 35.2 Å². The molecular weight excluding hydrogens is 327 g/mol. The SMILES string of the molecule is COCC(N)C(=O)NCc1cccc(-n2ccnc2)c1.Cl.Cl. The molecule has 0 saturated carbocycles. The van der Waals surface area contributed by atoms with Crippen LogP contribution in [0.2, 0.25) is 0 Å². The van der Waals surface area contributed by atoms with E-state index in [2.05, 4.69) is 10.3 Å². The number of methoxy groups -OCH3 is 1. The minimum absolute atomic E-state index is 0. The highest BCUT2D eigenvalue weighted by molar-refractivity contribution is 5.85. The maximum atomic E-state index is 11.7. The molecule has 0 bridgehead atoms. The van der Waals surface area contributed by atoms with Crippen LogP contribution in [0.25, 0.3) is 5.69 Å². The summed E-state index contributed by atoms with van der Waals surface area (Å²) >= 11 is 0. The number of amides is 1. The van der Waals surface area contributed by atoms with E-state index < -0.39 is 6.04 Å². The summed E-state index contributed by atoms with van der Waals surface area (Å²) in [4.78, 5) is 15.7. The van der Waals surface area contributed by atoms with Crippen LogP contribution in [0.3, 0.4) is 0 Å². The zero-order valence-electron chi connectivity index (χ0n) is 12.1. The third-order valence-corrected chi connectivity index (χ3v) is 2.86. The summed E-state index contributed by atoms with van der Waals surface area (Å²) in [6.45, 7) is 0.639. The molecule has 122 valence electrons. The van der Waals surface area contributed by atoms with Crippen molar-refractivity contribution in [3.05, 3.63) is 48.5 Å². The summed E-state index contributed by atoms with van der Waals surface area (Å²) in [6, 6.07) is 7.21. The predicted molar refractivity (Wildman–Crippen MR) is 89.8 cm³/mol. The van der Waals surface area contributed by atoms with Crippen molar-refractivity contribution in [1.82, 2.24) is 14.9 Å². The standard InChI is InChI=1S/C14H18N4O2.2ClH/c1-20-9-13(15)14(19)17-8-11-3-2-4-12(7-11)18-6-5-16-10-18;;/h2-7,10,13H,8-9,15H2,1H3,(H,17,19);2*1H. The number of rotatable bonds is 6. The molecule has 2 aromatic rings. The van der Waals surface area contributed by atoms with E-state index in [-0.39, 0.29) is 37.3 Å². The van der Waals surface area contributed by atoms with Crippen molar-refractivity contribution in [3.63, 3.8) is 0 Å². The van der Waals surface area contributed by atoms with E-state index in [9.17, 15) is 4.79 Å². The summed E-state index contributed by atoms with van der Waals surface area (Å²) in [5.41, 5.74) is 7.64. The molecule has 3 N–H and O–H groups in total. The van der Waals surface area contributed by atoms with Gasteiger partial charge in [-0.15, -0.1) is 24.8 Å². The summed E-state index contributed by atoms with van der Waals surface area (Å²) < 4.78 is 6.75. The van der Waals surface area contributed by atoms with Crippen molar-refractivity contribution in [3.8, 4) is 5.69 Å². The molecule has 1 atom stereocenters. The third-order valence-electron chi connectivity index (χ3n) is 2.86. The van der Waals surface area contributed by atoms with Gasteiger partial charge in [-0.1, -0.05) is 12.1 Å². The molecule has 0 spiro atoms. The molecule has 0 aliphatic rings. The van der Waals surface area contributed by atoms with E-state index in [0.29, 0.717) is 6.54 Å². The fourth-order valence-electron chi connectivity index (χ4n) is 1.81. The molecule has 6 nitrogen and oxygen atoms in total. The molecule has 0 saturated heterocycles. The first-order valence-corrected chi connectivity index (χ1v) is 6.30. The molecule has 0 fully saturated rings. The van der Waals surface area contributed by atoms with Crippen molar-refractivity contribution in [2.45, 2.75) is 12.6 Å². The second-order valence-corrected chi connectivity index (χ2v) is 4.42. The maximum absolute atomic E-state index is 11.7. The summed E-state index contributed by atoms with van der Waals surface area (Å²) in [5, 5.41) is 2.79. The lowest BCUT2D eigenvalue weighted by atomic mass is 10.2. The van der Waals surface area contributed by atoms with Crippen molar-refractivity contribution >= 4 is 30.7 Å². The topological polar surface area (TPSA) is 82.2 Å². The third kappa shape index (κ3) is 5.65. The Bertz CT molecular complexity index is 564. The Labute approximate surface area is 141 Å². The van der Waals surface area contributed by atoms with Crippen LogP contribution in [0.4, 0.5) is 0 Å². The summed E-state index contributed by atoms with van der Waals surface area (Å²) in [6.07, 6.45) is 5.32. The number of nitrogens with one attached hydrogen (secondary N) is 1. The fourth-order valence-corrected chi connectivity index (χ4v) is 1.81. The average Bonchev–Trinajstić information content (AvgIpc) is 2.99. The minimum atomic E-state index is -0.642. The molecule has 1 unspecified atom stereocenters. The maximum Gasteiger partial charge on any atom is 0.239 e. The Morgan fingerprint density at radius 2 is 2.23 bits per heavy atom. The molecular formula is C14H20Cl2N4O2. The van der Waals surface area contributed by atoms with E-state index in [0.717, 1.165) is 11.3 Å². The number of aromatic nitrogens is 2. The van der Waals surface area contributed by atoms with E-state index in [4.69, 9.17) is 10.5 Å². The zero-order chi connectivity index (χ0) is 14.4. The average molecular weight is 347 g/mol. The Morgan fingerprint density at radius 3 is 2.86 bits per heavy atom. The normalized spacial score (nSPS) is 11.0. The Kier molecular flexibility index (Phi) is 9.44. The zero-order valence-corrected chi connectivity index (χ0v) is 13.8. The van der Waals surface area contributed by atoms with Gasteiger partial charge < -0.3 is 20.4 Å². The number of ether oxygens (including phenoxy) is 1. The van der Waals surface area contributed by atoms with Crippen molar-refractivity contribution < 1.29 is 9.53 Å². The van der Waals surface area contributed by atoms with Crippen LogP contribution in [0.5, 0.6) is 0 Å². The van der Waals surface area contributed by atoms with E-state index in [1.807, 2.05) is 35.0 Å². The number of halogens is 2. The van der Waals surface area contributed by atoms with Crippen molar-refractivity contribution in [1.29, 1.82) is 0 Å². The molecule has 22 heavy (non-hydrogen) atoms. The van der Waals surface area contributed by atoms with Gasteiger partial charge in [0.25, 0.3) is 0 Å². The highest BCUT2D eigenvalue weighted by atomic mass is 35.5. The molecule has 0 radical (unpaired) electrons. The molecule has 1 aromatic heterocycles. The van der Waals surface area contributed by atoms with Gasteiger partial charge in [0, 0.05) is 31.7 Å². The first kappa shape index (κ1) is 20.4. The number of hydrogen-bond donors (Lipinski definition) is 2. The quantitative estimate of drug-likeness (QED) is 0.825. The van der Waals surface area contributed by atoms with Crippen LogP contribution in [-0.2, 0) is 16.1 Å². The van der Waals surface area contributed by atoms with Crippen LogP contribution < -0.4 is 11.1 Å². The lowest BCUT2D eigenvalue weighted by Crippen LogP contribution is -2.43. The predicted octanol–water partition coefficient (Wildman–Crippen LogP) is 1.31. The number of carbonyl (C=O) groups is 1.